The zero-order valence-electron chi connectivity index (χ0n) is 18.0. The number of hydrogen-bond donors (Lipinski definition) is 3. The van der Waals surface area contributed by atoms with Gasteiger partial charge in [-0.3, -0.25) is 9.11 Å². The van der Waals surface area contributed by atoms with E-state index < -0.39 is 36.1 Å². The lowest BCUT2D eigenvalue weighted by Crippen LogP contribution is -2.26. The van der Waals surface area contributed by atoms with Gasteiger partial charge in [0.1, 0.15) is 30.2 Å². The second-order valence-corrected chi connectivity index (χ2v) is 9.74. The van der Waals surface area contributed by atoms with Crippen molar-refractivity contribution < 1.29 is 25.9 Å². The smallest absolute Gasteiger partial charge is 0.295 e. The van der Waals surface area contributed by atoms with E-state index in [1.807, 2.05) is 0 Å². The second-order valence-electron chi connectivity index (χ2n) is 6.96. The number of anilines is 1. The molecule has 16 heteroatoms. The van der Waals surface area contributed by atoms with Crippen molar-refractivity contribution in [3.63, 3.8) is 0 Å². The highest BCUT2D eigenvalue weighted by Gasteiger charge is 2.31. The van der Waals surface area contributed by atoms with E-state index in [4.69, 9.17) is 0 Å². The van der Waals surface area contributed by atoms with Gasteiger partial charge >= 0.3 is 0 Å². The van der Waals surface area contributed by atoms with Crippen molar-refractivity contribution in [2.45, 2.75) is 15.8 Å². The Hall–Kier alpha value is -4.25. The first-order valence-electron chi connectivity index (χ1n) is 9.87. The molecule has 0 aliphatic rings. The minimum atomic E-state index is -4.77. The maximum absolute atomic E-state index is 12.2. The fourth-order valence-electron chi connectivity index (χ4n) is 3.27. The monoisotopic (exact) mass is 528 g/mol. The molecule has 2 aromatic heterocycles. The van der Waals surface area contributed by atoms with Gasteiger partial charge in [-0.05, 0) is 12.1 Å². The highest BCUT2D eigenvalue weighted by atomic mass is 32.2. The lowest BCUT2D eigenvalue weighted by Gasteiger charge is -2.24. The van der Waals surface area contributed by atoms with Gasteiger partial charge < -0.3 is 5.32 Å². The Morgan fingerprint density at radius 1 is 0.750 bits per heavy atom. The SMILES string of the molecule is O=S(=O)(O)c1ccccc1C(=Nc1ncncn1)C(Nc1ncncn1)c1ccccc1S(=O)(=O)O. The van der Waals surface area contributed by atoms with Crippen LogP contribution in [0, 0.1) is 0 Å². The zero-order valence-corrected chi connectivity index (χ0v) is 19.6. The van der Waals surface area contributed by atoms with Crippen LogP contribution in [0.25, 0.3) is 0 Å². The summed E-state index contributed by atoms with van der Waals surface area (Å²) in [6.07, 6.45) is 4.66. The van der Waals surface area contributed by atoms with Crippen LogP contribution >= 0.6 is 0 Å². The largest absolute Gasteiger partial charge is 0.342 e. The highest BCUT2D eigenvalue weighted by molar-refractivity contribution is 7.86. The van der Waals surface area contributed by atoms with E-state index in [0.717, 1.165) is 24.8 Å². The van der Waals surface area contributed by atoms with Crippen LogP contribution in [0.1, 0.15) is 17.2 Å². The molecule has 14 nitrogen and oxygen atoms in total. The Bertz CT molecular complexity index is 1620. The van der Waals surface area contributed by atoms with Crippen molar-refractivity contribution in [3.05, 3.63) is 85.0 Å². The second kappa shape index (κ2) is 10.2. The molecule has 0 saturated carbocycles. The molecule has 36 heavy (non-hydrogen) atoms. The van der Waals surface area contributed by atoms with E-state index in [1.165, 1.54) is 49.1 Å². The molecular weight excluding hydrogens is 512 g/mol. The molecule has 4 rings (SSSR count). The molecule has 0 bridgehead atoms. The number of nitrogens with one attached hydrogen (secondary N) is 1. The van der Waals surface area contributed by atoms with Crippen molar-refractivity contribution in [2.75, 3.05) is 5.32 Å². The molecule has 2 heterocycles. The van der Waals surface area contributed by atoms with Crippen LogP contribution in [0.2, 0.25) is 0 Å². The standard InChI is InChI=1S/C20H16N8O6S2/c29-35(30,31)15-7-3-1-5-13(15)17(27-19-23-9-21-10-24-19)18(28-20-25-11-22-12-26-20)14-6-2-4-8-16(14)36(32,33)34/h1-12,17H,(H,29,30,31)(H,32,33,34)(H,21,23,24,27). The zero-order chi connectivity index (χ0) is 25.8. The van der Waals surface area contributed by atoms with Gasteiger partial charge in [0.2, 0.25) is 5.95 Å². The lowest BCUT2D eigenvalue weighted by atomic mass is 9.96. The summed E-state index contributed by atoms with van der Waals surface area (Å²) in [6.45, 7) is 0. The summed E-state index contributed by atoms with van der Waals surface area (Å²) in [7, 11) is -9.52. The van der Waals surface area contributed by atoms with E-state index in [0.29, 0.717) is 0 Å². The molecule has 0 amide bonds. The summed E-state index contributed by atoms with van der Waals surface area (Å²) in [5.41, 5.74) is -0.304. The molecule has 184 valence electrons. The summed E-state index contributed by atoms with van der Waals surface area (Å²) in [6, 6.07) is 9.47. The van der Waals surface area contributed by atoms with E-state index in [1.54, 1.807) is 0 Å². The first-order chi connectivity index (χ1) is 17.1. The molecule has 0 aliphatic carbocycles. The Kier molecular flexibility index (Phi) is 7.02. The van der Waals surface area contributed by atoms with Gasteiger partial charge in [0.05, 0.1) is 16.6 Å². The van der Waals surface area contributed by atoms with Crippen molar-refractivity contribution in [1.29, 1.82) is 0 Å². The van der Waals surface area contributed by atoms with Crippen LogP contribution in [0.3, 0.4) is 0 Å². The Labute approximate surface area is 204 Å². The number of rotatable bonds is 8. The molecule has 0 aliphatic heterocycles. The highest BCUT2D eigenvalue weighted by Crippen LogP contribution is 2.31. The number of nitrogens with zero attached hydrogens (tertiary/aromatic N) is 7. The molecular formula is C20H16N8O6S2. The topological polar surface area (TPSA) is 210 Å². The third-order valence-electron chi connectivity index (χ3n) is 4.69. The van der Waals surface area contributed by atoms with Gasteiger partial charge in [0.15, 0.2) is 0 Å². The van der Waals surface area contributed by atoms with Crippen molar-refractivity contribution >= 4 is 37.8 Å². The lowest BCUT2D eigenvalue weighted by molar-refractivity contribution is 0.479. The van der Waals surface area contributed by atoms with Gasteiger partial charge in [0, 0.05) is 11.1 Å². The first kappa shape index (κ1) is 24.9. The Morgan fingerprint density at radius 2 is 1.28 bits per heavy atom. The minimum absolute atomic E-state index is 0.0344. The third-order valence-corrected chi connectivity index (χ3v) is 6.53. The molecule has 2 aromatic carbocycles. The molecule has 1 atom stereocenters. The minimum Gasteiger partial charge on any atom is -0.342 e. The van der Waals surface area contributed by atoms with Crippen molar-refractivity contribution in [2.24, 2.45) is 4.99 Å². The normalized spacial score (nSPS) is 13.2. The molecule has 0 saturated heterocycles. The van der Waals surface area contributed by atoms with E-state index in [2.05, 4.69) is 40.2 Å². The van der Waals surface area contributed by atoms with Gasteiger partial charge in [-0.2, -0.15) is 26.8 Å². The predicted octanol–water partition coefficient (Wildman–Crippen LogP) is 1.52. The summed E-state index contributed by atoms with van der Waals surface area (Å²) in [4.78, 5) is 26.6. The van der Waals surface area contributed by atoms with E-state index >= 15 is 0 Å². The van der Waals surface area contributed by atoms with Gasteiger partial charge in [0.25, 0.3) is 26.2 Å². The van der Waals surface area contributed by atoms with E-state index in [-0.39, 0.29) is 28.7 Å². The summed E-state index contributed by atoms with van der Waals surface area (Å²) < 4.78 is 68.7. The molecule has 0 spiro atoms. The average molecular weight is 529 g/mol. The van der Waals surface area contributed by atoms with Gasteiger partial charge in [-0.1, -0.05) is 36.4 Å². The fourth-order valence-corrected chi connectivity index (χ4v) is 4.71. The molecule has 0 fully saturated rings. The maximum Gasteiger partial charge on any atom is 0.295 e. The fraction of sp³-hybridized carbons (Fsp3) is 0.0500. The summed E-state index contributed by atoms with van der Waals surface area (Å²) in [5, 5.41) is 2.89. The van der Waals surface area contributed by atoms with Gasteiger partial charge in [-0.15, -0.1) is 0 Å². The molecule has 0 radical (unpaired) electrons. The molecule has 4 aromatic rings. The van der Waals surface area contributed by atoms with Crippen LogP contribution in [-0.4, -0.2) is 61.6 Å². The van der Waals surface area contributed by atoms with Crippen LogP contribution in [-0.2, 0) is 20.2 Å². The quantitative estimate of drug-likeness (QED) is 0.219. The molecule has 3 N–H and O–H groups in total. The van der Waals surface area contributed by atoms with Crippen LogP contribution < -0.4 is 5.32 Å². The van der Waals surface area contributed by atoms with Crippen LogP contribution in [0.15, 0.2) is 88.6 Å². The van der Waals surface area contributed by atoms with Gasteiger partial charge in [-0.25, -0.2) is 24.9 Å². The Morgan fingerprint density at radius 3 is 1.89 bits per heavy atom. The number of hydrogen-bond acceptors (Lipinski definition) is 12. The first-order valence-corrected chi connectivity index (χ1v) is 12.7. The number of aromatic nitrogens is 6. The third kappa shape index (κ3) is 5.69. The molecule has 1 unspecified atom stereocenters. The van der Waals surface area contributed by atoms with Crippen molar-refractivity contribution in [3.8, 4) is 0 Å². The van der Waals surface area contributed by atoms with Crippen LogP contribution in [0.4, 0.5) is 11.9 Å². The predicted molar refractivity (Wildman–Crippen MR) is 125 cm³/mol. The summed E-state index contributed by atoms with van der Waals surface area (Å²) >= 11 is 0. The van der Waals surface area contributed by atoms with Crippen molar-refractivity contribution in [1.82, 2.24) is 29.9 Å². The Balaban J connectivity index is 2.06. The summed E-state index contributed by atoms with van der Waals surface area (Å²) in [5.74, 6) is -0.190. The number of benzene rings is 2. The average Bonchev–Trinajstić information content (AvgIpc) is 2.86. The number of aliphatic imine (C=N–C) groups is 1. The van der Waals surface area contributed by atoms with Crippen LogP contribution in [0.5, 0.6) is 0 Å². The van der Waals surface area contributed by atoms with E-state index in [9.17, 15) is 25.9 Å². The maximum atomic E-state index is 12.2.